The molecule has 0 bridgehead atoms. The van der Waals surface area contributed by atoms with E-state index < -0.39 is 0 Å². The number of likely N-dealkylation sites (tertiary alicyclic amines) is 1. The minimum absolute atomic E-state index is 0.0512. The molecule has 3 rings (SSSR count). The predicted octanol–water partition coefficient (Wildman–Crippen LogP) is 3.06. The van der Waals surface area contributed by atoms with Crippen LogP contribution in [-0.4, -0.2) is 55.4 Å². The highest BCUT2D eigenvalue weighted by Gasteiger charge is 2.24. The van der Waals surface area contributed by atoms with E-state index in [1.165, 1.54) is 37.8 Å². The van der Waals surface area contributed by atoms with Crippen LogP contribution in [0.25, 0.3) is 0 Å². The standard InChI is InChI=1S/C22H36N2O2/c25-22-10-13-24(14-11-22)17-20-8-6-19(7-9-20)16-23-12-15-26-18-21-4-2-1-3-5-21/h1-5,19-20,22-23,25H,6-18H2. The highest BCUT2D eigenvalue weighted by molar-refractivity contribution is 5.13. The second kappa shape index (κ2) is 11.0. The summed E-state index contributed by atoms with van der Waals surface area (Å²) in [5.41, 5.74) is 1.24. The fourth-order valence-electron chi connectivity index (χ4n) is 4.30. The summed E-state index contributed by atoms with van der Waals surface area (Å²) in [4.78, 5) is 2.57. The Morgan fingerprint density at radius 1 is 0.962 bits per heavy atom. The Morgan fingerprint density at radius 2 is 1.65 bits per heavy atom. The highest BCUT2D eigenvalue weighted by atomic mass is 16.5. The summed E-state index contributed by atoms with van der Waals surface area (Å²) in [5, 5.41) is 13.2. The van der Waals surface area contributed by atoms with Gasteiger partial charge in [0, 0.05) is 26.2 Å². The van der Waals surface area contributed by atoms with Gasteiger partial charge in [0.15, 0.2) is 0 Å². The zero-order valence-electron chi connectivity index (χ0n) is 16.1. The van der Waals surface area contributed by atoms with E-state index in [1.54, 1.807) is 0 Å². The SMILES string of the molecule is OC1CCN(CC2CCC(CNCCOCc3ccccc3)CC2)CC1. The molecule has 0 radical (unpaired) electrons. The van der Waals surface area contributed by atoms with Crippen molar-refractivity contribution in [3.05, 3.63) is 35.9 Å². The van der Waals surface area contributed by atoms with Crippen LogP contribution in [0, 0.1) is 11.8 Å². The molecule has 2 N–H and O–H groups in total. The second-order valence-electron chi connectivity index (χ2n) is 8.16. The van der Waals surface area contributed by atoms with Crippen LogP contribution in [0.5, 0.6) is 0 Å². The van der Waals surface area contributed by atoms with Gasteiger partial charge in [0.05, 0.1) is 19.3 Å². The van der Waals surface area contributed by atoms with Gasteiger partial charge >= 0.3 is 0 Å². The van der Waals surface area contributed by atoms with E-state index in [0.717, 1.165) is 57.5 Å². The molecule has 2 fully saturated rings. The number of hydrogen-bond acceptors (Lipinski definition) is 4. The Kier molecular flexibility index (Phi) is 8.40. The molecule has 0 spiro atoms. The van der Waals surface area contributed by atoms with E-state index in [2.05, 4.69) is 34.5 Å². The molecule has 1 aromatic carbocycles. The third-order valence-corrected chi connectivity index (χ3v) is 6.01. The zero-order valence-corrected chi connectivity index (χ0v) is 16.1. The van der Waals surface area contributed by atoms with Crippen LogP contribution < -0.4 is 5.32 Å². The number of aliphatic hydroxyl groups excluding tert-OH is 1. The fourth-order valence-corrected chi connectivity index (χ4v) is 4.30. The van der Waals surface area contributed by atoms with Gasteiger partial charge in [-0.3, -0.25) is 0 Å². The van der Waals surface area contributed by atoms with E-state index in [-0.39, 0.29) is 6.10 Å². The molecule has 1 aromatic rings. The summed E-state index contributed by atoms with van der Waals surface area (Å²) in [6, 6.07) is 10.4. The van der Waals surface area contributed by atoms with Gasteiger partial charge in [0.1, 0.15) is 0 Å². The van der Waals surface area contributed by atoms with E-state index in [4.69, 9.17) is 4.74 Å². The van der Waals surface area contributed by atoms with Crippen LogP contribution in [0.1, 0.15) is 44.1 Å². The van der Waals surface area contributed by atoms with Crippen molar-refractivity contribution in [2.75, 3.05) is 39.3 Å². The molecule has 0 amide bonds. The average Bonchev–Trinajstić information content (AvgIpc) is 2.68. The molecule has 4 nitrogen and oxygen atoms in total. The van der Waals surface area contributed by atoms with Crippen molar-refractivity contribution < 1.29 is 9.84 Å². The quantitative estimate of drug-likeness (QED) is 0.665. The van der Waals surface area contributed by atoms with E-state index in [9.17, 15) is 5.11 Å². The first-order chi connectivity index (χ1) is 12.8. The number of aliphatic hydroxyl groups is 1. The molecule has 1 saturated heterocycles. The number of ether oxygens (including phenoxy) is 1. The van der Waals surface area contributed by atoms with Crippen molar-refractivity contribution in [3.63, 3.8) is 0 Å². The van der Waals surface area contributed by atoms with Crippen LogP contribution in [0.2, 0.25) is 0 Å². The maximum absolute atomic E-state index is 9.62. The van der Waals surface area contributed by atoms with Gasteiger partial charge in [0.25, 0.3) is 0 Å². The summed E-state index contributed by atoms with van der Waals surface area (Å²) in [6.07, 6.45) is 7.34. The van der Waals surface area contributed by atoms with E-state index >= 15 is 0 Å². The van der Waals surface area contributed by atoms with Gasteiger partial charge in [-0.05, 0) is 62.5 Å². The lowest BCUT2D eigenvalue weighted by molar-refractivity contribution is 0.0686. The van der Waals surface area contributed by atoms with Crippen LogP contribution in [-0.2, 0) is 11.3 Å². The predicted molar refractivity (Wildman–Crippen MR) is 106 cm³/mol. The minimum atomic E-state index is -0.0512. The number of rotatable bonds is 9. The van der Waals surface area contributed by atoms with Crippen molar-refractivity contribution in [3.8, 4) is 0 Å². The van der Waals surface area contributed by atoms with Crippen LogP contribution in [0.3, 0.4) is 0 Å². The molecular formula is C22H36N2O2. The molecule has 2 aliphatic rings. The normalized spacial score (nSPS) is 25.4. The maximum Gasteiger partial charge on any atom is 0.0717 e. The van der Waals surface area contributed by atoms with Crippen molar-refractivity contribution in [2.45, 2.75) is 51.2 Å². The number of nitrogens with one attached hydrogen (secondary N) is 1. The third-order valence-electron chi connectivity index (χ3n) is 6.01. The maximum atomic E-state index is 9.62. The molecular weight excluding hydrogens is 324 g/mol. The third kappa shape index (κ3) is 6.99. The van der Waals surface area contributed by atoms with Crippen molar-refractivity contribution in [2.24, 2.45) is 11.8 Å². The van der Waals surface area contributed by atoms with Crippen LogP contribution >= 0.6 is 0 Å². The topological polar surface area (TPSA) is 44.7 Å². The molecule has 26 heavy (non-hydrogen) atoms. The Balaban J connectivity index is 1.19. The summed E-state index contributed by atoms with van der Waals surface area (Å²) >= 11 is 0. The van der Waals surface area contributed by atoms with Gasteiger partial charge in [-0.15, -0.1) is 0 Å². The van der Waals surface area contributed by atoms with Gasteiger partial charge in [-0.25, -0.2) is 0 Å². The lowest BCUT2D eigenvalue weighted by atomic mass is 9.81. The summed E-state index contributed by atoms with van der Waals surface area (Å²) in [7, 11) is 0. The Bertz CT molecular complexity index is 480. The largest absolute Gasteiger partial charge is 0.393 e. The van der Waals surface area contributed by atoms with Gasteiger partial charge < -0.3 is 20.1 Å². The Hall–Kier alpha value is -0.940. The smallest absolute Gasteiger partial charge is 0.0717 e. The van der Waals surface area contributed by atoms with Gasteiger partial charge in [-0.2, -0.15) is 0 Å². The van der Waals surface area contributed by atoms with Gasteiger partial charge in [-0.1, -0.05) is 30.3 Å². The van der Waals surface area contributed by atoms with Gasteiger partial charge in [0.2, 0.25) is 0 Å². The van der Waals surface area contributed by atoms with Crippen LogP contribution in [0.15, 0.2) is 30.3 Å². The Morgan fingerprint density at radius 3 is 2.38 bits per heavy atom. The lowest BCUT2D eigenvalue weighted by Crippen LogP contribution is -2.40. The molecule has 146 valence electrons. The molecule has 1 saturated carbocycles. The fraction of sp³-hybridized carbons (Fsp3) is 0.727. The molecule has 4 heteroatoms. The number of benzene rings is 1. The Labute approximate surface area is 158 Å². The van der Waals surface area contributed by atoms with Crippen molar-refractivity contribution in [1.82, 2.24) is 10.2 Å². The molecule has 1 aliphatic carbocycles. The highest BCUT2D eigenvalue weighted by Crippen LogP contribution is 2.29. The van der Waals surface area contributed by atoms with E-state index in [0.29, 0.717) is 6.61 Å². The summed E-state index contributed by atoms with van der Waals surface area (Å²) in [5.74, 6) is 1.71. The first kappa shape index (κ1) is 19.8. The molecule has 1 heterocycles. The first-order valence-corrected chi connectivity index (χ1v) is 10.5. The second-order valence-corrected chi connectivity index (χ2v) is 8.16. The number of piperidine rings is 1. The average molecular weight is 361 g/mol. The molecule has 0 aromatic heterocycles. The summed E-state index contributed by atoms with van der Waals surface area (Å²) < 4.78 is 5.73. The molecule has 0 unspecified atom stereocenters. The minimum Gasteiger partial charge on any atom is -0.393 e. The number of nitrogens with zero attached hydrogens (tertiary/aromatic N) is 1. The molecule has 1 aliphatic heterocycles. The molecule has 0 atom stereocenters. The van der Waals surface area contributed by atoms with E-state index in [1.807, 2.05) is 6.07 Å². The van der Waals surface area contributed by atoms with Crippen molar-refractivity contribution in [1.29, 1.82) is 0 Å². The van der Waals surface area contributed by atoms with Crippen LogP contribution in [0.4, 0.5) is 0 Å². The van der Waals surface area contributed by atoms with Crippen molar-refractivity contribution >= 4 is 0 Å². The zero-order chi connectivity index (χ0) is 18.0. The summed E-state index contributed by atoms with van der Waals surface area (Å²) in [6.45, 7) is 7.00. The lowest BCUT2D eigenvalue weighted by Gasteiger charge is -2.35. The monoisotopic (exact) mass is 360 g/mol. The number of hydrogen-bond donors (Lipinski definition) is 2. The first-order valence-electron chi connectivity index (χ1n) is 10.5.